The lowest BCUT2D eigenvalue weighted by atomic mass is 10.2. The molecule has 1 aromatic carbocycles. The minimum absolute atomic E-state index is 0.320. The molecule has 0 spiro atoms. The summed E-state index contributed by atoms with van der Waals surface area (Å²) in [7, 11) is 3.09. The SMILES string of the molecule is CCn1ncc(N)c1C(=O)Nc1ccc(OC)c(OC)c1. The zero-order valence-corrected chi connectivity index (χ0v) is 12.2. The Morgan fingerprint density at radius 3 is 2.67 bits per heavy atom. The van der Waals surface area contributed by atoms with Crippen molar-refractivity contribution in [2.75, 3.05) is 25.3 Å². The van der Waals surface area contributed by atoms with Gasteiger partial charge in [0.05, 0.1) is 26.1 Å². The fourth-order valence-electron chi connectivity index (χ4n) is 1.99. The third kappa shape index (κ3) is 2.91. The number of aromatic nitrogens is 2. The standard InChI is InChI=1S/C14H18N4O3/c1-4-18-13(10(15)8-16-18)14(19)17-9-5-6-11(20-2)12(7-9)21-3/h5-8H,4,15H2,1-3H3,(H,17,19). The Bertz CT molecular complexity index is 652. The van der Waals surface area contributed by atoms with E-state index in [-0.39, 0.29) is 5.91 Å². The van der Waals surface area contributed by atoms with Crippen LogP contribution in [0, 0.1) is 0 Å². The molecule has 112 valence electrons. The van der Waals surface area contributed by atoms with Gasteiger partial charge in [-0.1, -0.05) is 0 Å². The molecule has 0 unspecified atom stereocenters. The molecule has 0 aliphatic carbocycles. The minimum atomic E-state index is -0.320. The first kappa shape index (κ1) is 14.7. The van der Waals surface area contributed by atoms with E-state index in [1.807, 2.05) is 6.92 Å². The molecule has 0 bridgehead atoms. The van der Waals surface area contributed by atoms with Crippen molar-refractivity contribution < 1.29 is 14.3 Å². The van der Waals surface area contributed by atoms with Crippen LogP contribution in [0.25, 0.3) is 0 Å². The van der Waals surface area contributed by atoms with Gasteiger partial charge in [-0.25, -0.2) is 0 Å². The maximum atomic E-state index is 12.3. The van der Waals surface area contributed by atoms with E-state index in [2.05, 4.69) is 10.4 Å². The summed E-state index contributed by atoms with van der Waals surface area (Å²) < 4.78 is 11.9. The number of nitrogens with zero attached hydrogens (tertiary/aromatic N) is 2. The minimum Gasteiger partial charge on any atom is -0.493 e. The summed E-state index contributed by atoms with van der Waals surface area (Å²) >= 11 is 0. The molecule has 3 N–H and O–H groups in total. The number of carbonyl (C=O) groups excluding carboxylic acids is 1. The maximum Gasteiger partial charge on any atom is 0.276 e. The summed E-state index contributed by atoms with van der Waals surface area (Å²) in [4.78, 5) is 12.3. The molecule has 0 aliphatic rings. The molecule has 0 atom stereocenters. The van der Waals surface area contributed by atoms with Crippen molar-refractivity contribution in [1.29, 1.82) is 0 Å². The third-order valence-electron chi connectivity index (χ3n) is 3.02. The van der Waals surface area contributed by atoms with Gasteiger partial charge in [0.25, 0.3) is 5.91 Å². The lowest BCUT2D eigenvalue weighted by Crippen LogP contribution is -2.18. The zero-order chi connectivity index (χ0) is 15.4. The Morgan fingerprint density at radius 1 is 1.33 bits per heavy atom. The van der Waals surface area contributed by atoms with Crippen molar-refractivity contribution in [2.45, 2.75) is 13.5 Å². The molecule has 1 amide bonds. The molecule has 2 aromatic rings. The molecule has 1 aromatic heterocycles. The van der Waals surface area contributed by atoms with Gasteiger partial charge in [0.1, 0.15) is 5.69 Å². The number of aryl methyl sites for hydroxylation is 1. The van der Waals surface area contributed by atoms with Crippen LogP contribution in [-0.4, -0.2) is 29.9 Å². The lowest BCUT2D eigenvalue weighted by Gasteiger charge is -2.11. The van der Waals surface area contributed by atoms with Gasteiger partial charge in [0.15, 0.2) is 11.5 Å². The number of anilines is 2. The van der Waals surface area contributed by atoms with Crippen LogP contribution in [0.2, 0.25) is 0 Å². The first-order valence-corrected chi connectivity index (χ1v) is 6.45. The van der Waals surface area contributed by atoms with Crippen molar-refractivity contribution in [1.82, 2.24) is 9.78 Å². The summed E-state index contributed by atoms with van der Waals surface area (Å²) in [6.45, 7) is 2.45. The van der Waals surface area contributed by atoms with Crippen molar-refractivity contribution in [3.63, 3.8) is 0 Å². The van der Waals surface area contributed by atoms with Crippen molar-refractivity contribution >= 4 is 17.3 Å². The average molecular weight is 290 g/mol. The summed E-state index contributed by atoms with van der Waals surface area (Å²) in [6, 6.07) is 5.12. The van der Waals surface area contributed by atoms with Gasteiger partial charge in [0, 0.05) is 18.3 Å². The highest BCUT2D eigenvalue weighted by Gasteiger charge is 2.17. The average Bonchev–Trinajstić information content (AvgIpc) is 2.88. The van der Waals surface area contributed by atoms with Crippen LogP contribution in [0.4, 0.5) is 11.4 Å². The number of hydrogen-bond donors (Lipinski definition) is 2. The first-order valence-electron chi connectivity index (χ1n) is 6.45. The second-order valence-electron chi connectivity index (χ2n) is 4.29. The van der Waals surface area contributed by atoms with Crippen LogP contribution in [0.1, 0.15) is 17.4 Å². The van der Waals surface area contributed by atoms with Gasteiger partial charge >= 0.3 is 0 Å². The third-order valence-corrected chi connectivity index (χ3v) is 3.02. The fraction of sp³-hybridized carbons (Fsp3) is 0.286. The molecule has 0 aliphatic heterocycles. The number of carbonyl (C=O) groups is 1. The topological polar surface area (TPSA) is 91.4 Å². The van der Waals surface area contributed by atoms with Gasteiger partial charge in [-0.05, 0) is 19.1 Å². The van der Waals surface area contributed by atoms with Crippen LogP contribution in [-0.2, 0) is 6.54 Å². The van der Waals surface area contributed by atoms with E-state index < -0.39 is 0 Å². The largest absolute Gasteiger partial charge is 0.493 e. The maximum absolute atomic E-state index is 12.3. The van der Waals surface area contributed by atoms with Crippen LogP contribution in [0.15, 0.2) is 24.4 Å². The predicted octanol–water partition coefficient (Wildman–Crippen LogP) is 1.75. The van der Waals surface area contributed by atoms with Crippen LogP contribution < -0.4 is 20.5 Å². The highest BCUT2D eigenvalue weighted by atomic mass is 16.5. The molecule has 0 saturated carbocycles. The molecular weight excluding hydrogens is 272 g/mol. The highest BCUT2D eigenvalue weighted by molar-refractivity contribution is 6.06. The van der Waals surface area contributed by atoms with Crippen molar-refractivity contribution in [3.05, 3.63) is 30.1 Å². The Balaban J connectivity index is 2.25. The van der Waals surface area contributed by atoms with E-state index in [0.717, 1.165) is 0 Å². The van der Waals surface area contributed by atoms with E-state index in [1.165, 1.54) is 13.3 Å². The van der Waals surface area contributed by atoms with Gasteiger partial charge in [-0.2, -0.15) is 5.10 Å². The van der Waals surface area contributed by atoms with Crippen molar-refractivity contribution in [3.8, 4) is 11.5 Å². The summed E-state index contributed by atoms with van der Waals surface area (Å²) in [5.41, 5.74) is 7.05. The molecule has 0 saturated heterocycles. The molecule has 0 fully saturated rings. The second-order valence-corrected chi connectivity index (χ2v) is 4.29. The van der Waals surface area contributed by atoms with E-state index >= 15 is 0 Å². The number of benzene rings is 1. The quantitative estimate of drug-likeness (QED) is 0.875. The molecular formula is C14H18N4O3. The monoisotopic (exact) mass is 290 g/mol. The van der Waals surface area contributed by atoms with E-state index in [1.54, 1.807) is 30.0 Å². The normalized spacial score (nSPS) is 10.2. The van der Waals surface area contributed by atoms with Crippen LogP contribution in [0.5, 0.6) is 11.5 Å². The van der Waals surface area contributed by atoms with E-state index in [4.69, 9.17) is 15.2 Å². The fourth-order valence-corrected chi connectivity index (χ4v) is 1.99. The molecule has 2 rings (SSSR count). The number of nitrogens with two attached hydrogens (primary N) is 1. The second kappa shape index (κ2) is 6.17. The first-order chi connectivity index (χ1) is 10.1. The van der Waals surface area contributed by atoms with E-state index in [9.17, 15) is 4.79 Å². The summed E-state index contributed by atoms with van der Waals surface area (Å²) in [6.07, 6.45) is 1.47. The van der Waals surface area contributed by atoms with Crippen LogP contribution in [0.3, 0.4) is 0 Å². The molecule has 7 heteroatoms. The molecule has 21 heavy (non-hydrogen) atoms. The van der Waals surface area contributed by atoms with E-state index in [0.29, 0.717) is 35.1 Å². The number of methoxy groups -OCH3 is 2. The Labute approximate surface area is 122 Å². The van der Waals surface area contributed by atoms with Gasteiger partial charge < -0.3 is 20.5 Å². The van der Waals surface area contributed by atoms with Crippen molar-refractivity contribution in [2.24, 2.45) is 0 Å². The Hall–Kier alpha value is -2.70. The number of ether oxygens (including phenoxy) is 2. The molecule has 0 radical (unpaired) electrons. The van der Waals surface area contributed by atoms with Crippen LogP contribution >= 0.6 is 0 Å². The number of rotatable bonds is 5. The number of hydrogen-bond acceptors (Lipinski definition) is 5. The van der Waals surface area contributed by atoms with Gasteiger partial charge in [0.2, 0.25) is 0 Å². The highest BCUT2D eigenvalue weighted by Crippen LogP contribution is 2.30. The Kier molecular flexibility index (Phi) is 4.32. The number of nitrogens with one attached hydrogen (secondary N) is 1. The van der Waals surface area contributed by atoms with Gasteiger partial charge in [-0.15, -0.1) is 0 Å². The summed E-state index contributed by atoms with van der Waals surface area (Å²) in [5.74, 6) is 0.806. The molecule has 7 nitrogen and oxygen atoms in total. The predicted molar refractivity (Wildman–Crippen MR) is 79.8 cm³/mol. The number of nitrogen functional groups attached to an aromatic ring is 1. The Morgan fingerprint density at radius 2 is 2.05 bits per heavy atom. The molecule has 1 heterocycles. The smallest absolute Gasteiger partial charge is 0.276 e. The lowest BCUT2D eigenvalue weighted by molar-refractivity contribution is 0.101. The van der Waals surface area contributed by atoms with Gasteiger partial charge in [-0.3, -0.25) is 9.48 Å². The zero-order valence-electron chi connectivity index (χ0n) is 12.2. The summed E-state index contributed by atoms with van der Waals surface area (Å²) in [5, 5.41) is 6.81. The number of amides is 1.